The van der Waals surface area contributed by atoms with Gasteiger partial charge in [-0.3, -0.25) is 0 Å². The molecule has 0 saturated heterocycles. The minimum atomic E-state index is -4.25. The zero-order chi connectivity index (χ0) is 35.5. The van der Waals surface area contributed by atoms with E-state index < -0.39 is 14.1 Å². The molecule has 0 spiro atoms. The van der Waals surface area contributed by atoms with Gasteiger partial charge >= 0.3 is 14.1 Å². The van der Waals surface area contributed by atoms with E-state index in [4.69, 9.17) is 9.31 Å². The summed E-state index contributed by atoms with van der Waals surface area (Å²) in [6, 6.07) is 47.8. The molecule has 0 fully saturated rings. The van der Waals surface area contributed by atoms with Crippen molar-refractivity contribution < 1.29 is 35.5 Å². The molecule has 0 radical (unpaired) electrons. The number of pyridine rings is 2. The smallest absolute Gasteiger partial charge is 0.599 e. The SMILES string of the molecule is F[B-]1(F)OC(c2ccccc2)=Cc2c3ccccc3c3ccccc3[n+]21.F[B-]1(F)OC(c2ccccc2)=Cc2c3ccccc3c3ccccc3[n+]21. The monoisotopic (exact) mass is 690 g/mol. The molecule has 2 aromatic heterocycles. The number of rotatable bonds is 2. The van der Waals surface area contributed by atoms with Crippen LogP contribution in [0.3, 0.4) is 0 Å². The summed E-state index contributed by atoms with van der Waals surface area (Å²) in [6.07, 6.45) is 3.42. The van der Waals surface area contributed by atoms with Crippen molar-refractivity contribution >= 4 is 81.1 Å². The highest BCUT2D eigenvalue weighted by Gasteiger charge is 2.52. The first kappa shape index (κ1) is 31.6. The maximum Gasteiger partial charge on any atom is 0.834 e. The van der Waals surface area contributed by atoms with Crippen LogP contribution in [0.4, 0.5) is 17.3 Å². The summed E-state index contributed by atoms with van der Waals surface area (Å²) < 4.78 is 73.1. The molecule has 0 amide bonds. The summed E-state index contributed by atoms with van der Waals surface area (Å²) in [5, 5.41) is 5.04. The summed E-state index contributed by atoms with van der Waals surface area (Å²) in [5.41, 5.74) is 3.14. The Morgan fingerprint density at radius 1 is 0.346 bits per heavy atom. The van der Waals surface area contributed by atoms with Gasteiger partial charge in [0.05, 0.1) is 11.5 Å². The predicted molar refractivity (Wildman–Crippen MR) is 201 cm³/mol. The number of aromatic nitrogens is 2. The molecule has 4 heterocycles. The van der Waals surface area contributed by atoms with E-state index in [1.807, 2.05) is 109 Å². The fraction of sp³-hybridized carbons (Fsp3) is 0. The number of fused-ring (bicyclic) bond motifs is 12. The number of hydrogen-bond acceptors (Lipinski definition) is 2. The van der Waals surface area contributed by atoms with E-state index in [2.05, 4.69) is 0 Å². The molecule has 10 rings (SSSR count). The average molecular weight is 690 g/mol. The Labute approximate surface area is 296 Å². The third-order valence-electron chi connectivity index (χ3n) is 9.62. The number of para-hydroxylation sites is 2. The fourth-order valence-corrected chi connectivity index (χ4v) is 7.40. The molecule has 2 aliphatic rings. The fourth-order valence-electron chi connectivity index (χ4n) is 7.40. The van der Waals surface area contributed by atoms with Gasteiger partial charge < -0.3 is 35.5 Å². The quantitative estimate of drug-likeness (QED) is 0.103. The molecule has 6 aromatic carbocycles. The van der Waals surface area contributed by atoms with Crippen molar-refractivity contribution in [2.45, 2.75) is 0 Å². The number of nitrogens with zero attached hydrogens (tertiary/aromatic N) is 2. The Hall–Kier alpha value is -6.41. The van der Waals surface area contributed by atoms with E-state index in [1.165, 1.54) is 0 Å². The number of benzene rings is 6. The zero-order valence-electron chi connectivity index (χ0n) is 27.5. The van der Waals surface area contributed by atoms with E-state index >= 15 is 17.3 Å². The maximum absolute atomic E-state index is 15.2. The summed E-state index contributed by atoms with van der Waals surface area (Å²) >= 11 is 0. The van der Waals surface area contributed by atoms with Gasteiger partial charge in [0, 0.05) is 67.7 Å². The molecule has 252 valence electrons. The molecular weight excluding hydrogens is 662 g/mol. The summed E-state index contributed by atoms with van der Waals surface area (Å²) in [6.45, 7) is 0. The molecule has 52 heavy (non-hydrogen) atoms. The van der Waals surface area contributed by atoms with Crippen LogP contribution in [0, 0.1) is 0 Å². The minimum Gasteiger partial charge on any atom is -0.599 e. The van der Waals surface area contributed by atoms with Crippen molar-refractivity contribution in [3.05, 3.63) is 180 Å². The summed E-state index contributed by atoms with van der Waals surface area (Å²) in [7, 11) is -8.51. The highest BCUT2D eigenvalue weighted by Crippen LogP contribution is 2.36. The minimum absolute atomic E-state index is 0.191. The van der Waals surface area contributed by atoms with Gasteiger partial charge in [0.25, 0.3) is 0 Å². The van der Waals surface area contributed by atoms with Gasteiger partial charge in [-0.2, -0.15) is 0 Å². The Morgan fingerprint density at radius 2 is 0.654 bits per heavy atom. The van der Waals surface area contributed by atoms with E-state index in [9.17, 15) is 0 Å². The van der Waals surface area contributed by atoms with Gasteiger partial charge in [0.15, 0.2) is 22.4 Å². The third kappa shape index (κ3) is 5.18. The van der Waals surface area contributed by atoms with Crippen LogP contribution in [-0.4, -0.2) is 14.1 Å². The second-order valence-corrected chi connectivity index (χ2v) is 12.7. The van der Waals surface area contributed by atoms with Gasteiger partial charge in [0.2, 0.25) is 0 Å². The van der Waals surface area contributed by atoms with Crippen LogP contribution < -0.4 is 8.96 Å². The molecule has 0 atom stereocenters. The van der Waals surface area contributed by atoms with Gasteiger partial charge in [-0.05, 0) is 24.3 Å². The first-order chi connectivity index (χ1) is 25.3. The lowest BCUT2D eigenvalue weighted by atomic mass is 9.92. The molecule has 0 saturated carbocycles. The van der Waals surface area contributed by atoms with Crippen molar-refractivity contribution in [2.75, 3.05) is 0 Å². The van der Waals surface area contributed by atoms with Crippen molar-refractivity contribution in [1.82, 2.24) is 0 Å². The summed E-state index contributed by atoms with van der Waals surface area (Å²) in [4.78, 5) is 0. The van der Waals surface area contributed by atoms with E-state index in [-0.39, 0.29) is 11.5 Å². The molecule has 0 unspecified atom stereocenters. The molecule has 4 nitrogen and oxygen atoms in total. The van der Waals surface area contributed by atoms with Crippen LogP contribution in [0.25, 0.3) is 67.0 Å². The van der Waals surface area contributed by atoms with Crippen LogP contribution in [0.2, 0.25) is 0 Å². The molecule has 2 aliphatic heterocycles. The lowest BCUT2D eigenvalue weighted by molar-refractivity contribution is -0.555. The maximum atomic E-state index is 15.2. The van der Waals surface area contributed by atoms with Crippen LogP contribution in [0.15, 0.2) is 158 Å². The molecular formula is C42H28B2F4N2O2. The van der Waals surface area contributed by atoms with E-state index in [1.54, 1.807) is 60.7 Å². The zero-order valence-corrected chi connectivity index (χ0v) is 27.5. The Kier molecular flexibility index (Phi) is 7.36. The Balaban J connectivity index is 0.000000138. The molecule has 0 N–H and O–H groups in total. The normalized spacial score (nSPS) is 15.4. The van der Waals surface area contributed by atoms with E-state index in [0.717, 1.165) is 41.3 Å². The van der Waals surface area contributed by atoms with Crippen LogP contribution in [0.5, 0.6) is 0 Å². The number of halogens is 4. The second kappa shape index (κ2) is 12.1. The lowest BCUT2D eigenvalue weighted by Gasteiger charge is -2.29. The van der Waals surface area contributed by atoms with Crippen molar-refractivity contribution in [3.8, 4) is 0 Å². The second-order valence-electron chi connectivity index (χ2n) is 12.7. The Bertz CT molecular complexity index is 2570. The number of hydrogen-bond donors (Lipinski definition) is 0. The highest BCUT2D eigenvalue weighted by atomic mass is 19.3. The van der Waals surface area contributed by atoms with Crippen LogP contribution >= 0.6 is 0 Å². The lowest BCUT2D eigenvalue weighted by Crippen LogP contribution is -2.64. The third-order valence-corrected chi connectivity index (χ3v) is 9.62. The van der Waals surface area contributed by atoms with E-state index in [0.29, 0.717) is 33.5 Å². The highest BCUT2D eigenvalue weighted by molar-refractivity contribution is 6.52. The van der Waals surface area contributed by atoms with Crippen molar-refractivity contribution in [3.63, 3.8) is 0 Å². The van der Waals surface area contributed by atoms with Gasteiger partial charge in [-0.25, -0.2) is 0 Å². The van der Waals surface area contributed by atoms with Crippen molar-refractivity contribution in [2.24, 2.45) is 0 Å². The first-order valence-corrected chi connectivity index (χ1v) is 16.9. The standard InChI is InChI=1S/2C21H14BF2NO/c2*23-22(24)25-19-13-7-6-11-17(19)16-10-4-5-12-18(16)20(25)14-21(26-22)15-8-2-1-3-9-15/h2*1-14H. The topological polar surface area (TPSA) is 26.2 Å². The van der Waals surface area contributed by atoms with Gasteiger partial charge in [0.1, 0.15) is 0 Å². The Morgan fingerprint density at radius 3 is 1.04 bits per heavy atom. The molecule has 8 aromatic rings. The van der Waals surface area contributed by atoms with Crippen LogP contribution in [-0.2, 0) is 9.31 Å². The van der Waals surface area contributed by atoms with Crippen molar-refractivity contribution in [1.29, 1.82) is 0 Å². The van der Waals surface area contributed by atoms with Gasteiger partial charge in [-0.1, -0.05) is 121 Å². The summed E-state index contributed by atoms with van der Waals surface area (Å²) in [5.74, 6) is 0.382. The molecule has 0 bridgehead atoms. The first-order valence-electron chi connectivity index (χ1n) is 16.9. The molecule has 0 aliphatic carbocycles. The van der Waals surface area contributed by atoms with Gasteiger partial charge in [-0.15, -0.1) is 0 Å². The predicted octanol–water partition coefficient (Wildman–Crippen LogP) is 10.1. The molecule has 10 heteroatoms. The largest absolute Gasteiger partial charge is 0.834 e. The van der Waals surface area contributed by atoms with Crippen LogP contribution in [0.1, 0.15) is 22.5 Å². The average Bonchev–Trinajstić information content (AvgIpc) is 3.18.